The van der Waals surface area contributed by atoms with Crippen LogP contribution in [0.1, 0.15) is 12.5 Å². The minimum absolute atomic E-state index is 0.204. The number of hydrazone groups is 1. The first-order valence-corrected chi connectivity index (χ1v) is 7.60. The third-order valence-electron chi connectivity index (χ3n) is 2.94. The second-order valence-corrected chi connectivity index (χ2v) is 5.56. The Morgan fingerprint density at radius 3 is 2.77 bits per heavy atom. The average Bonchev–Trinajstić information content (AvgIpc) is 3.16. The quantitative estimate of drug-likeness (QED) is 0.594. The highest BCUT2D eigenvalue weighted by Crippen LogP contribution is 2.26. The molecule has 1 aromatic carbocycles. The van der Waals surface area contributed by atoms with Gasteiger partial charge in [0.2, 0.25) is 5.91 Å². The summed E-state index contributed by atoms with van der Waals surface area (Å²) in [6, 6.07) is 13.9. The summed E-state index contributed by atoms with van der Waals surface area (Å²) in [6.45, 7) is 1.42. The molecule has 3 aromatic rings. The fourth-order valence-corrected chi connectivity index (χ4v) is 2.72. The fourth-order valence-electron chi connectivity index (χ4n) is 1.99. The molecule has 1 N–H and O–H groups in total. The number of para-hydroxylation sites is 1. The predicted molar refractivity (Wildman–Crippen MR) is 88.3 cm³/mol. The number of amides is 1. The van der Waals surface area contributed by atoms with Crippen molar-refractivity contribution in [2.75, 3.05) is 0 Å². The Morgan fingerprint density at radius 1 is 1.27 bits per heavy atom. The smallest absolute Gasteiger partial charge is 0.236 e. The number of nitrogens with zero attached hydrogens (tertiary/aromatic N) is 3. The molecule has 22 heavy (non-hydrogen) atoms. The molecule has 0 saturated heterocycles. The van der Waals surface area contributed by atoms with Gasteiger partial charge in [0.15, 0.2) is 0 Å². The number of thiophene rings is 1. The zero-order chi connectivity index (χ0) is 15.4. The first kappa shape index (κ1) is 14.2. The van der Waals surface area contributed by atoms with Crippen LogP contribution < -0.4 is 5.43 Å². The highest BCUT2D eigenvalue weighted by Gasteiger charge is 2.11. The van der Waals surface area contributed by atoms with E-state index in [1.165, 1.54) is 6.92 Å². The van der Waals surface area contributed by atoms with E-state index in [0.717, 1.165) is 21.8 Å². The Bertz CT molecular complexity index is 791. The molecular weight excluding hydrogens is 296 g/mol. The molecule has 2 heterocycles. The summed E-state index contributed by atoms with van der Waals surface area (Å²) in [5.41, 5.74) is 5.07. The molecule has 0 saturated carbocycles. The van der Waals surface area contributed by atoms with E-state index in [-0.39, 0.29) is 5.91 Å². The number of rotatable bonds is 4. The Balaban J connectivity index is 2.01. The van der Waals surface area contributed by atoms with E-state index < -0.39 is 0 Å². The number of carbonyl (C=O) groups excluding carboxylic acids is 1. The van der Waals surface area contributed by atoms with Crippen LogP contribution in [0.25, 0.3) is 16.3 Å². The fraction of sp³-hybridized carbons (Fsp3) is 0.0625. The molecular formula is C16H14N4OS. The van der Waals surface area contributed by atoms with Crippen molar-refractivity contribution in [3.63, 3.8) is 0 Å². The molecule has 0 aliphatic carbocycles. The molecule has 6 heteroatoms. The van der Waals surface area contributed by atoms with Crippen LogP contribution in [0.4, 0.5) is 0 Å². The van der Waals surface area contributed by atoms with Gasteiger partial charge in [-0.3, -0.25) is 4.79 Å². The largest absolute Gasteiger partial charge is 0.274 e. The van der Waals surface area contributed by atoms with Crippen LogP contribution in [0.5, 0.6) is 0 Å². The zero-order valence-electron chi connectivity index (χ0n) is 11.9. The molecule has 0 aliphatic rings. The number of aromatic nitrogens is 2. The van der Waals surface area contributed by atoms with E-state index in [1.54, 1.807) is 17.6 Å². The van der Waals surface area contributed by atoms with Crippen LogP contribution in [-0.2, 0) is 4.79 Å². The van der Waals surface area contributed by atoms with E-state index in [2.05, 4.69) is 15.6 Å². The second-order valence-electron chi connectivity index (χ2n) is 4.62. The highest BCUT2D eigenvalue weighted by atomic mass is 32.1. The predicted octanol–water partition coefficient (Wildman–Crippen LogP) is 3.07. The first-order valence-electron chi connectivity index (χ1n) is 6.72. The maximum atomic E-state index is 10.9. The zero-order valence-corrected chi connectivity index (χ0v) is 12.7. The summed E-state index contributed by atoms with van der Waals surface area (Å²) in [7, 11) is 0. The van der Waals surface area contributed by atoms with Crippen molar-refractivity contribution < 1.29 is 4.79 Å². The standard InChI is InChI=1S/C16H14N4OS/c1-12(21)18-17-10-13-11-20(14-6-3-2-4-7-14)19-16(13)15-8-5-9-22-15/h2-11H,1H3,(H,18,21)/b17-10-. The van der Waals surface area contributed by atoms with Crippen molar-refractivity contribution >= 4 is 23.5 Å². The molecule has 110 valence electrons. The van der Waals surface area contributed by atoms with Gasteiger partial charge in [0.1, 0.15) is 5.69 Å². The van der Waals surface area contributed by atoms with Gasteiger partial charge in [-0.05, 0) is 23.6 Å². The van der Waals surface area contributed by atoms with Crippen LogP contribution in [0.3, 0.4) is 0 Å². The van der Waals surface area contributed by atoms with Crippen molar-refractivity contribution in [3.05, 3.63) is 59.6 Å². The van der Waals surface area contributed by atoms with Gasteiger partial charge in [-0.2, -0.15) is 10.2 Å². The lowest BCUT2D eigenvalue weighted by molar-refractivity contribution is -0.118. The number of benzene rings is 1. The lowest BCUT2D eigenvalue weighted by atomic mass is 10.2. The van der Waals surface area contributed by atoms with Gasteiger partial charge in [0.05, 0.1) is 16.8 Å². The summed E-state index contributed by atoms with van der Waals surface area (Å²) >= 11 is 1.61. The summed E-state index contributed by atoms with van der Waals surface area (Å²) in [5, 5.41) is 10.6. The monoisotopic (exact) mass is 310 g/mol. The Kier molecular flexibility index (Phi) is 4.11. The van der Waals surface area contributed by atoms with Crippen molar-refractivity contribution in [2.45, 2.75) is 6.92 Å². The second kappa shape index (κ2) is 6.36. The molecule has 5 nitrogen and oxygen atoms in total. The SMILES string of the molecule is CC(=O)N/N=C\c1cn(-c2ccccc2)nc1-c1cccs1. The van der Waals surface area contributed by atoms with Crippen LogP contribution >= 0.6 is 11.3 Å². The Labute approximate surface area is 131 Å². The van der Waals surface area contributed by atoms with E-state index in [9.17, 15) is 4.79 Å². The minimum Gasteiger partial charge on any atom is -0.274 e. The molecule has 0 unspecified atom stereocenters. The number of hydrogen-bond donors (Lipinski definition) is 1. The number of carbonyl (C=O) groups is 1. The molecule has 0 fully saturated rings. The van der Waals surface area contributed by atoms with Gasteiger partial charge < -0.3 is 0 Å². The third kappa shape index (κ3) is 3.12. The van der Waals surface area contributed by atoms with Gasteiger partial charge in [0.25, 0.3) is 0 Å². The molecule has 1 amide bonds. The van der Waals surface area contributed by atoms with Crippen LogP contribution in [0.2, 0.25) is 0 Å². The molecule has 2 aromatic heterocycles. The maximum absolute atomic E-state index is 10.9. The van der Waals surface area contributed by atoms with E-state index in [1.807, 2.05) is 58.7 Å². The van der Waals surface area contributed by atoms with Crippen LogP contribution in [0, 0.1) is 0 Å². The van der Waals surface area contributed by atoms with E-state index >= 15 is 0 Å². The van der Waals surface area contributed by atoms with Gasteiger partial charge >= 0.3 is 0 Å². The van der Waals surface area contributed by atoms with E-state index in [0.29, 0.717) is 0 Å². The Hall–Kier alpha value is -2.73. The van der Waals surface area contributed by atoms with E-state index in [4.69, 9.17) is 0 Å². The summed E-state index contributed by atoms with van der Waals surface area (Å²) in [5.74, 6) is -0.204. The summed E-state index contributed by atoms with van der Waals surface area (Å²) < 4.78 is 1.81. The number of nitrogens with one attached hydrogen (secondary N) is 1. The van der Waals surface area contributed by atoms with Gasteiger partial charge in [0, 0.05) is 18.7 Å². The molecule has 0 spiro atoms. The maximum Gasteiger partial charge on any atom is 0.236 e. The normalized spacial score (nSPS) is 11.0. The highest BCUT2D eigenvalue weighted by molar-refractivity contribution is 7.13. The van der Waals surface area contributed by atoms with Crippen molar-refractivity contribution in [3.8, 4) is 16.3 Å². The summed E-state index contributed by atoms with van der Waals surface area (Å²) in [6.07, 6.45) is 3.51. The van der Waals surface area contributed by atoms with Gasteiger partial charge in [-0.1, -0.05) is 24.3 Å². The molecule has 3 rings (SSSR count). The first-order chi connectivity index (χ1) is 10.7. The van der Waals surface area contributed by atoms with Crippen LogP contribution in [-0.4, -0.2) is 21.9 Å². The van der Waals surface area contributed by atoms with Gasteiger partial charge in [-0.15, -0.1) is 11.3 Å². The molecule has 0 aliphatic heterocycles. The molecule has 0 bridgehead atoms. The summed E-state index contributed by atoms with van der Waals surface area (Å²) in [4.78, 5) is 12.0. The lowest BCUT2D eigenvalue weighted by Gasteiger charge is -1.98. The van der Waals surface area contributed by atoms with Crippen molar-refractivity contribution in [1.82, 2.24) is 15.2 Å². The number of hydrogen-bond acceptors (Lipinski definition) is 4. The van der Waals surface area contributed by atoms with Gasteiger partial charge in [-0.25, -0.2) is 10.1 Å². The average molecular weight is 310 g/mol. The lowest BCUT2D eigenvalue weighted by Crippen LogP contribution is -2.12. The van der Waals surface area contributed by atoms with Crippen molar-refractivity contribution in [1.29, 1.82) is 0 Å². The van der Waals surface area contributed by atoms with Crippen molar-refractivity contribution in [2.24, 2.45) is 5.10 Å². The third-order valence-corrected chi connectivity index (χ3v) is 3.82. The molecule has 0 atom stereocenters. The minimum atomic E-state index is -0.204. The Morgan fingerprint density at radius 2 is 2.09 bits per heavy atom. The molecule has 0 radical (unpaired) electrons. The topological polar surface area (TPSA) is 59.3 Å². The van der Waals surface area contributed by atoms with Crippen LogP contribution in [0.15, 0.2) is 59.1 Å².